The summed E-state index contributed by atoms with van der Waals surface area (Å²) in [5, 5.41) is 7.99. The summed E-state index contributed by atoms with van der Waals surface area (Å²) in [6.45, 7) is 4.13. The van der Waals surface area contributed by atoms with Gasteiger partial charge in [0.2, 0.25) is 5.91 Å². The van der Waals surface area contributed by atoms with Gasteiger partial charge in [-0.1, -0.05) is 43.1 Å². The summed E-state index contributed by atoms with van der Waals surface area (Å²) in [6, 6.07) is 6.98. The number of hydrogen-bond acceptors (Lipinski definition) is 2. The third kappa shape index (κ3) is 4.10. The molecular weight excluding hydrogens is 379 g/mol. The molecule has 25 heavy (non-hydrogen) atoms. The minimum Gasteiger partial charge on any atom is -0.352 e. The van der Waals surface area contributed by atoms with Crippen molar-refractivity contribution in [1.82, 2.24) is 10.6 Å². The predicted molar refractivity (Wildman–Crippen MR) is 107 cm³/mol. The molecule has 2 atom stereocenters. The molecule has 6 heteroatoms. The number of halogens is 3. The molecular formula is C19H27Cl3N2O. The molecule has 2 bridgehead atoms. The molecule has 0 aromatic heterocycles. The van der Waals surface area contributed by atoms with Crippen LogP contribution in [0.3, 0.4) is 0 Å². The Morgan fingerprint density at radius 2 is 1.76 bits per heavy atom. The van der Waals surface area contributed by atoms with Crippen molar-refractivity contribution in [2.24, 2.45) is 0 Å². The van der Waals surface area contributed by atoms with Gasteiger partial charge >= 0.3 is 0 Å². The van der Waals surface area contributed by atoms with Gasteiger partial charge in [-0.15, -0.1) is 12.4 Å². The van der Waals surface area contributed by atoms with Gasteiger partial charge in [0.1, 0.15) is 0 Å². The third-order valence-electron chi connectivity index (χ3n) is 5.92. The zero-order valence-electron chi connectivity index (χ0n) is 14.8. The lowest BCUT2D eigenvalue weighted by Gasteiger charge is -2.36. The zero-order valence-corrected chi connectivity index (χ0v) is 17.1. The Bertz CT molecular complexity index is 607. The molecule has 1 amide bonds. The van der Waals surface area contributed by atoms with Gasteiger partial charge in [0, 0.05) is 18.1 Å². The van der Waals surface area contributed by atoms with Gasteiger partial charge in [0.15, 0.2) is 0 Å². The Morgan fingerprint density at radius 1 is 1.16 bits per heavy atom. The summed E-state index contributed by atoms with van der Waals surface area (Å²) < 4.78 is 0. The van der Waals surface area contributed by atoms with E-state index in [0.717, 1.165) is 31.2 Å². The number of rotatable bonds is 5. The first kappa shape index (κ1) is 20.8. The molecule has 3 rings (SSSR count). The predicted octanol–water partition coefficient (Wildman–Crippen LogP) is 4.87. The molecule has 0 radical (unpaired) electrons. The van der Waals surface area contributed by atoms with Crippen molar-refractivity contribution in [1.29, 1.82) is 0 Å². The number of carbonyl (C=O) groups is 1. The van der Waals surface area contributed by atoms with Crippen molar-refractivity contribution in [3.05, 3.63) is 33.8 Å². The Balaban J connectivity index is 0.00000225. The first-order valence-electron chi connectivity index (χ1n) is 9.01. The van der Waals surface area contributed by atoms with Gasteiger partial charge in [0.25, 0.3) is 0 Å². The van der Waals surface area contributed by atoms with Gasteiger partial charge < -0.3 is 10.6 Å². The van der Waals surface area contributed by atoms with Crippen molar-refractivity contribution >= 4 is 41.5 Å². The highest BCUT2D eigenvalue weighted by Gasteiger charge is 2.40. The molecule has 2 saturated heterocycles. The number of fused-ring (bicyclic) bond motifs is 2. The van der Waals surface area contributed by atoms with Crippen LogP contribution < -0.4 is 10.6 Å². The van der Waals surface area contributed by atoms with E-state index in [1.54, 1.807) is 6.07 Å². The van der Waals surface area contributed by atoms with E-state index >= 15 is 0 Å². The Kier molecular flexibility index (Phi) is 7.06. The number of amides is 1. The summed E-state index contributed by atoms with van der Waals surface area (Å²) >= 11 is 12.3. The average molecular weight is 406 g/mol. The average Bonchev–Trinajstić information content (AvgIpc) is 2.91. The van der Waals surface area contributed by atoms with Gasteiger partial charge in [-0.25, -0.2) is 0 Å². The largest absolute Gasteiger partial charge is 0.352 e. The summed E-state index contributed by atoms with van der Waals surface area (Å²) in [6.07, 6.45) is 6.02. The molecule has 3 nitrogen and oxygen atoms in total. The van der Waals surface area contributed by atoms with Gasteiger partial charge in [0.05, 0.1) is 15.5 Å². The summed E-state index contributed by atoms with van der Waals surface area (Å²) in [4.78, 5) is 13.2. The fraction of sp³-hybridized carbons (Fsp3) is 0.632. The fourth-order valence-electron chi connectivity index (χ4n) is 4.40. The Morgan fingerprint density at radius 3 is 2.28 bits per heavy atom. The molecule has 0 aliphatic carbocycles. The van der Waals surface area contributed by atoms with E-state index in [-0.39, 0.29) is 24.4 Å². The van der Waals surface area contributed by atoms with Crippen molar-refractivity contribution < 1.29 is 4.79 Å². The van der Waals surface area contributed by atoms with Crippen LogP contribution in [0.5, 0.6) is 0 Å². The molecule has 2 aliphatic rings. The van der Waals surface area contributed by atoms with Crippen LogP contribution in [0.2, 0.25) is 10.0 Å². The first-order chi connectivity index (χ1) is 11.5. The number of benzene rings is 1. The maximum atomic E-state index is 13.2. The van der Waals surface area contributed by atoms with Crippen molar-refractivity contribution in [3.63, 3.8) is 0 Å². The molecule has 2 unspecified atom stereocenters. The lowest BCUT2D eigenvalue weighted by atomic mass is 9.74. The van der Waals surface area contributed by atoms with Gasteiger partial charge in [-0.2, -0.15) is 0 Å². The Labute approximate surface area is 166 Å². The molecule has 1 aromatic rings. The summed E-state index contributed by atoms with van der Waals surface area (Å²) in [7, 11) is 0. The minimum absolute atomic E-state index is 0. The van der Waals surface area contributed by atoms with E-state index in [2.05, 4.69) is 24.5 Å². The highest BCUT2D eigenvalue weighted by molar-refractivity contribution is 6.42. The van der Waals surface area contributed by atoms with Crippen LogP contribution in [0.1, 0.15) is 57.9 Å². The summed E-state index contributed by atoms with van der Waals surface area (Å²) in [5.74, 6) is 0.122. The molecule has 2 aliphatic heterocycles. The van der Waals surface area contributed by atoms with E-state index in [4.69, 9.17) is 23.2 Å². The van der Waals surface area contributed by atoms with Crippen molar-refractivity contribution in [2.75, 3.05) is 0 Å². The zero-order chi connectivity index (χ0) is 17.3. The standard InChI is InChI=1S/C19H26Cl2N2O.ClH/c1-3-19(4-2,12-5-8-16(20)17(21)9-12)18(24)23-15-10-13-6-7-14(11-15)22-13;/h5,8-9,13-15,22H,3-4,6-7,10-11H2,1-2H3,(H,23,24);1H. The molecule has 2 fully saturated rings. The Hall–Kier alpha value is -0.480. The summed E-state index contributed by atoms with van der Waals surface area (Å²) in [5.41, 5.74) is 0.411. The number of carbonyl (C=O) groups excluding carboxylic acids is 1. The minimum atomic E-state index is -0.543. The van der Waals surface area contributed by atoms with Crippen LogP contribution in [0.4, 0.5) is 0 Å². The fourth-order valence-corrected chi connectivity index (χ4v) is 4.70. The van der Waals surface area contributed by atoms with E-state index in [1.807, 2.05) is 12.1 Å². The second kappa shape index (κ2) is 8.47. The third-order valence-corrected chi connectivity index (χ3v) is 6.66. The van der Waals surface area contributed by atoms with E-state index in [0.29, 0.717) is 22.1 Å². The molecule has 1 aromatic carbocycles. The number of hydrogen-bond donors (Lipinski definition) is 2. The first-order valence-corrected chi connectivity index (χ1v) is 9.76. The van der Waals surface area contributed by atoms with Crippen molar-refractivity contribution in [2.45, 2.75) is 75.9 Å². The SMILES string of the molecule is CCC(CC)(C(=O)NC1CC2CCC(C1)N2)c1ccc(Cl)c(Cl)c1.Cl. The normalized spacial score (nSPS) is 25.4. The van der Waals surface area contributed by atoms with Gasteiger partial charge in [-0.05, 0) is 56.2 Å². The number of piperidine rings is 1. The number of nitrogens with one attached hydrogen (secondary N) is 2. The van der Waals surface area contributed by atoms with Crippen LogP contribution in [-0.4, -0.2) is 24.0 Å². The highest BCUT2D eigenvalue weighted by atomic mass is 35.5. The molecule has 0 spiro atoms. The second-order valence-corrected chi connectivity index (χ2v) is 8.01. The smallest absolute Gasteiger partial charge is 0.230 e. The molecule has 0 saturated carbocycles. The molecule has 2 heterocycles. The lowest BCUT2D eigenvalue weighted by molar-refractivity contribution is -0.128. The van der Waals surface area contributed by atoms with E-state index in [9.17, 15) is 4.79 Å². The topological polar surface area (TPSA) is 41.1 Å². The van der Waals surface area contributed by atoms with Crippen LogP contribution in [0.15, 0.2) is 18.2 Å². The van der Waals surface area contributed by atoms with Crippen LogP contribution in [-0.2, 0) is 10.2 Å². The maximum absolute atomic E-state index is 13.2. The maximum Gasteiger partial charge on any atom is 0.230 e. The highest BCUT2D eigenvalue weighted by Crippen LogP contribution is 2.36. The molecule has 2 N–H and O–H groups in total. The van der Waals surface area contributed by atoms with Crippen molar-refractivity contribution in [3.8, 4) is 0 Å². The lowest BCUT2D eigenvalue weighted by Crippen LogP contribution is -2.53. The van der Waals surface area contributed by atoms with Gasteiger partial charge in [-0.3, -0.25) is 4.79 Å². The van der Waals surface area contributed by atoms with Crippen LogP contribution >= 0.6 is 35.6 Å². The van der Waals surface area contributed by atoms with E-state index < -0.39 is 5.41 Å². The van der Waals surface area contributed by atoms with E-state index in [1.165, 1.54) is 12.8 Å². The molecule has 140 valence electrons. The van der Waals surface area contributed by atoms with Crippen LogP contribution in [0, 0.1) is 0 Å². The second-order valence-electron chi connectivity index (χ2n) is 7.20. The quantitative estimate of drug-likeness (QED) is 0.733. The van der Waals surface area contributed by atoms with Crippen LogP contribution in [0.25, 0.3) is 0 Å². The monoisotopic (exact) mass is 404 g/mol.